The summed E-state index contributed by atoms with van der Waals surface area (Å²) in [6.45, 7) is 0.290. The van der Waals surface area contributed by atoms with Crippen LogP contribution in [0.2, 0.25) is 0 Å². The molecule has 23 heavy (non-hydrogen) atoms. The number of rotatable bonds is 5. The van der Waals surface area contributed by atoms with E-state index in [9.17, 15) is 5.11 Å². The van der Waals surface area contributed by atoms with Crippen LogP contribution in [0.5, 0.6) is 0 Å². The first-order valence-corrected chi connectivity index (χ1v) is 8.11. The van der Waals surface area contributed by atoms with Gasteiger partial charge in [-0.2, -0.15) is 0 Å². The molecule has 0 fully saturated rings. The molecule has 2 aromatic carbocycles. The number of guanidine groups is 1. The predicted octanol–water partition coefficient (Wildman–Crippen LogP) is 2.51. The van der Waals surface area contributed by atoms with E-state index in [1.54, 1.807) is 0 Å². The topological polar surface area (TPSA) is 70.6 Å². The Morgan fingerprint density at radius 3 is 2.74 bits per heavy atom. The third kappa shape index (κ3) is 4.33. The summed E-state index contributed by atoms with van der Waals surface area (Å²) >= 11 is 0. The van der Waals surface area contributed by atoms with Crippen molar-refractivity contribution < 1.29 is 5.11 Å². The molecule has 3 rings (SSSR count). The summed E-state index contributed by atoms with van der Waals surface area (Å²) in [4.78, 5) is 4.24. The molecule has 1 aliphatic rings. The molecule has 0 aromatic heterocycles. The number of hydrogen-bond acceptors (Lipinski definition) is 2. The third-order valence-corrected chi connectivity index (χ3v) is 4.16. The number of nitrogens with one attached hydrogen (secondary N) is 1. The van der Waals surface area contributed by atoms with Gasteiger partial charge in [-0.3, -0.25) is 4.99 Å². The summed E-state index contributed by atoms with van der Waals surface area (Å²) < 4.78 is 0. The Bertz CT molecular complexity index is 682. The van der Waals surface area contributed by atoms with Gasteiger partial charge < -0.3 is 16.2 Å². The van der Waals surface area contributed by atoms with Crippen molar-refractivity contribution in [3.05, 3.63) is 65.2 Å². The number of anilines is 1. The number of aliphatic hydroxyl groups is 1. The Morgan fingerprint density at radius 1 is 1.13 bits per heavy atom. The van der Waals surface area contributed by atoms with Gasteiger partial charge in [0, 0.05) is 12.1 Å². The molecule has 0 heterocycles. The molecule has 0 spiro atoms. The van der Waals surface area contributed by atoms with Crippen LogP contribution in [-0.2, 0) is 19.3 Å². The Labute approximate surface area is 137 Å². The van der Waals surface area contributed by atoms with Gasteiger partial charge in [0.2, 0.25) is 0 Å². The molecule has 4 N–H and O–H groups in total. The lowest BCUT2D eigenvalue weighted by atomic mass is 10.1. The minimum atomic E-state index is -0.530. The molecule has 1 unspecified atom stereocenters. The number of benzene rings is 2. The number of nitrogens with two attached hydrogens (primary N) is 1. The highest BCUT2D eigenvalue weighted by atomic mass is 16.3. The summed E-state index contributed by atoms with van der Waals surface area (Å²) in [6, 6.07) is 16.2. The lowest BCUT2D eigenvalue weighted by Gasteiger charge is -2.10. The summed E-state index contributed by atoms with van der Waals surface area (Å²) in [5.74, 6) is 0.343. The van der Waals surface area contributed by atoms with Gasteiger partial charge >= 0.3 is 0 Å². The third-order valence-electron chi connectivity index (χ3n) is 4.16. The molecule has 0 saturated carbocycles. The summed E-state index contributed by atoms with van der Waals surface area (Å²) in [5.41, 5.74) is 10.8. The smallest absolute Gasteiger partial charge is 0.193 e. The van der Waals surface area contributed by atoms with Gasteiger partial charge in [-0.1, -0.05) is 36.4 Å². The predicted molar refractivity (Wildman–Crippen MR) is 94.7 cm³/mol. The highest BCUT2D eigenvalue weighted by Crippen LogP contribution is 2.24. The van der Waals surface area contributed by atoms with Gasteiger partial charge in [0.1, 0.15) is 0 Å². The first-order chi connectivity index (χ1) is 11.2. The minimum Gasteiger partial charge on any atom is -0.391 e. The molecule has 1 atom stereocenters. The lowest BCUT2D eigenvalue weighted by molar-refractivity contribution is 0.184. The number of aliphatic hydroxyl groups excluding tert-OH is 1. The van der Waals surface area contributed by atoms with E-state index in [0.717, 1.165) is 17.7 Å². The Hall–Kier alpha value is -2.33. The number of fused-ring (bicyclic) bond motifs is 1. The summed E-state index contributed by atoms with van der Waals surface area (Å²) in [7, 11) is 0. The van der Waals surface area contributed by atoms with Crippen LogP contribution < -0.4 is 11.1 Å². The normalized spacial score (nSPS) is 15.3. The Kier molecular flexibility index (Phi) is 4.93. The monoisotopic (exact) mass is 309 g/mol. The highest BCUT2D eigenvalue weighted by Gasteiger charge is 2.11. The van der Waals surface area contributed by atoms with Gasteiger partial charge in [-0.05, 0) is 48.1 Å². The van der Waals surface area contributed by atoms with Crippen LogP contribution in [-0.4, -0.2) is 23.7 Å². The molecule has 4 heteroatoms. The van der Waals surface area contributed by atoms with Gasteiger partial charge in [0.15, 0.2) is 5.96 Å². The van der Waals surface area contributed by atoms with Crippen molar-refractivity contribution in [3.63, 3.8) is 0 Å². The van der Waals surface area contributed by atoms with Crippen LogP contribution in [0.3, 0.4) is 0 Å². The zero-order valence-corrected chi connectivity index (χ0v) is 13.2. The zero-order valence-electron chi connectivity index (χ0n) is 13.2. The summed E-state index contributed by atoms with van der Waals surface area (Å²) in [5, 5.41) is 13.2. The Morgan fingerprint density at radius 2 is 1.91 bits per heavy atom. The number of nitrogens with zero attached hydrogens (tertiary/aromatic N) is 1. The van der Waals surface area contributed by atoms with E-state index in [1.807, 2.05) is 36.4 Å². The van der Waals surface area contributed by atoms with Crippen molar-refractivity contribution in [2.45, 2.75) is 31.8 Å². The maximum absolute atomic E-state index is 10.1. The molecule has 1 aliphatic carbocycles. The van der Waals surface area contributed by atoms with Crippen LogP contribution in [0.15, 0.2) is 53.5 Å². The molecule has 0 aliphatic heterocycles. The number of aryl methyl sites for hydroxylation is 2. The average Bonchev–Trinajstić information content (AvgIpc) is 3.01. The first-order valence-electron chi connectivity index (χ1n) is 8.11. The molecular weight excluding hydrogens is 286 g/mol. The second-order valence-electron chi connectivity index (χ2n) is 6.03. The molecule has 0 amide bonds. The maximum atomic E-state index is 10.1. The first kappa shape index (κ1) is 15.6. The van der Waals surface area contributed by atoms with Crippen LogP contribution in [0, 0.1) is 0 Å². The van der Waals surface area contributed by atoms with Crippen molar-refractivity contribution in [3.8, 4) is 0 Å². The van der Waals surface area contributed by atoms with E-state index >= 15 is 0 Å². The quantitative estimate of drug-likeness (QED) is 0.587. The lowest BCUT2D eigenvalue weighted by Crippen LogP contribution is -2.25. The second-order valence-corrected chi connectivity index (χ2v) is 6.03. The Balaban J connectivity index is 1.53. The van der Waals surface area contributed by atoms with E-state index < -0.39 is 6.10 Å². The fourth-order valence-electron chi connectivity index (χ4n) is 2.99. The van der Waals surface area contributed by atoms with Gasteiger partial charge in [-0.15, -0.1) is 0 Å². The fraction of sp³-hybridized carbons (Fsp3) is 0.316. The zero-order chi connectivity index (χ0) is 16.1. The largest absolute Gasteiger partial charge is 0.391 e. The molecule has 0 radical (unpaired) electrons. The average molecular weight is 309 g/mol. The summed E-state index contributed by atoms with van der Waals surface area (Å²) in [6.07, 6.45) is 3.59. The number of hydrogen-bond donors (Lipinski definition) is 3. The van der Waals surface area contributed by atoms with Crippen LogP contribution in [0.4, 0.5) is 5.69 Å². The van der Waals surface area contributed by atoms with Crippen molar-refractivity contribution in [1.29, 1.82) is 0 Å². The molecule has 0 saturated heterocycles. The van der Waals surface area contributed by atoms with E-state index in [1.165, 1.54) is 24.0 Å². The molecule has 120 valence electrons. The van der Waals surface area contributed by atoms with Crippen molar-refractivity contribution >= 4 is 11.6 Å². The second kappa shape index (κ2) is 7.29. The molecule has 4 nitrogen and oxygen atoms in total. The van der Waals surface area contributed by atoms with E-state index in [-0.39, 0.29) is 0 Å². The van der Waals surface area contributed by atoms with Gasteiger partial charge in [0.05, 0.1) is 12.6 Å². The van der Waals surface area contributed by atoms with E-state index in [0.29, 0.717) is 18.9 Å². The van der Waals surface area contributed by atoms with Crippen LogP contribution >= 0.6 is 0 Å². The minimum absolute atomic E-state index is 0.290. The molecular formula is C19H23N3O. The fourth-order valence-corrected chi connectivity index (χ4v) is 2.99. The van der Waals surface area contributed by atoms with Crippen molar-refractivity contribution in [2.24, 2.45) is 10.7 Å². The SMILES string of the molecule is NC(=NCC(O)Cc1ccccc1)Nc1ccc2c(c1)CCC2. The van der Waals surface area contributed by atoms with Crippen LogP contribution in [0.1, 0.15) is 23.1 Å². The standard InChI is InChI=1S/C19H23N3O/c20-19(21-13-18(23)11-14-5-2-1-3-6-14)22-17-10-9-15-7-4-8-16(15)12-17/h1-3,5-6,9-10,12,18,23H,4,7-8,11,13H2,(H3,20,21,22). The van der Waals surface area contributed by atoms with E-state index in [4.69, 9.17) is 5.73 Å². The maximum Gasteiger partial charge on any atom is 0.193 e. The van der Waals surface area contributed by atoms with E-state index in [2.05, 4.69) is 22.4 Å². The van der Waals surface area contributed by atoms with Crippen molar-refractivity contribution in [2.75, 3.05) is 11.9 Å². The number of aliphatic imine (C=N–C) groups is 1. The molecule has 2 aromatic rings. The molecule has 0 bridgehead atoms. The van der Waals surface area contributed by atoms with Crippen molar-refractivity contribution in [1.82, 2.24) is 0 Å². The van der Waals surface area contributed by atoms with Crippen LogP contribution in [0.25, 0.3) is 0 Å². The van der Waals surface area contributed by atoms with Gasteiger partial charge in [0.25, 0.3) is 0 Å². The van der Waals surface area contributed by atoms with Gasteiger partial charge in [-0.25, -0.2) is 0 Å². The highest BCUT2D eigenvalue weighted by molar-refractivity contribution is 5.92.